The van der Waals surface area contributed by atoms with Crippen molar-refractivity contribution in [1.82, 2.24) is 0 Å². The van der Waals surface area contributed by atoms with Crippen molar-refractivity contribution < 1.29 is 23.7 Å². The second-order valence-electron chi connectivity index (χ2n) is 16.4. The summed E-state index contributed by atoms with van der Waals surface area (Å²) in [5, 5.41) is 0. The van der Waals surface area contributed by atoms with E-state index in [0.29, 0.717) is 33.0 Å². The van der Waals surface area contributed by atoms with Crippen LogP contribution >= 0.6 is 0 Å². The zero-order valence-electron chi connectivity index (χ0n) is 37.7. The fourth-order valence-corrected chi connectivity index (χ4v) is 8.81. The summed E-state index contributed by atoms with van der Waals surface area (Å²) >= 11 is 0. The Kier molecular flexibility index (Phi) is 15.1. The highest BCUT2D eigenvalue weighted by Gasteiger charge is 2.19. The average molecular weight is 797 g/mol. The third kappa shape index (κ3) is 10.7. The molecule has 59 heavy (non-hydrogen) atoms. The van der Waals surface area contributed by atoms with E-state index in [9.17, 15) is 0 Å². The van der Waals surface area contributed by atoms with E-state index in [1.165, 1.54) is 83.5 Å². The van der Waals surface area contributed by atoms with Crippen LogP contribution in [0.5, 0.6) is 28.7 Å². The van der Waals surface area contributed by atoms with Crippen LogP contribution in [0, 0.1) is 34.6 Å². The highest BCUT2D eigenvalue weighted by atomic mass is 16.5. The predicted molar refractivity (Wildman–Crippen MR) is 244 cm³/mol. The number of fused-ring (bicyclic) bond motifs is 1. The van der Waals surface area contributed by atoms with Gasteiger partial charge in [-0.2, -0.15) is 0 Å². The molecule has 16 rings (SSSR count). The summed E-state index contributed by atoms with van der Waals surface area (Å²) in [7, 11) is 0. The first kappa shape index (κ1) is 43.7. The number of hydrogen-bond donors (Lipinski definition) is 0. The SMILES string of the molecule is CCOc1cc2c(C)cc1CCCCCc1cc(OCC)c(cc1C)Cc1cc(OCC)c(cc1C)Cc1cc(OCC)c(cc1C)Cc1cc(OCC)c(cc1C)C2. The highest BCUT2D eigenvalue weighted by Crippen LogP contribution is 2.37. The topological polar surface area (TPSA) is 46.2 Å². The van der Waals surface area contributed by atoms with Crippen LogP contribution in [-0.2, 0) is 38.5 Å². The van der Waals surface area contributed by atoms with Gasteiger partial charge in [-0.05, 0) is 209 Å². The van der Waals surface area contributed by atoms with Gasteiger partial charge in [0.05, 0.1) is 33.0 Å². The van der Waals surface area contributed by atoms with Crippen molar-refractivity contribution >= 4 is 0 Å². The summed E-state index contributed by atoms with van der Waals surface area (Å²) < 4.78 is 31.8. The van der Waals surface area contributed by atoms with E-state index >= 15 is 0 Å². The van der Waals surface area contributed by atoms with Gasteiger partial charge in [-0.25, -0.2) is 0 Å². The fourth-order valence-electron chi connectivity index (χ4n) is 8.81. The molecule has 0 N–H and O–H groups in total. The smallest absolute Gasteiger partial charge is 0.123 e. The molecule has 0 radical (unpaired) electrons. The van der Waals surface area contributed by atoms with Crippen molar-refractivity contribution in [3.8, 4) is 28.7 Å². The molecule has 0 amide bonds. The van der Waals surface area contributed by atoms with Crippen LogP contribution in [0.2, 0.25) is 0 Å². The Morgan fingerprint density at radius 1 is 0.288 bits per heavy atom. The number of hydrogen-bond acceptors (Lipinski definition) is 5. The molecular weight excluding hydrogens is 729 g/mol. The van der Waals surface area contributed by atoms with Crippen molar-refractivity contribution in [2.75, 3.05) is 33.0 Å². The molecule has 0 heterocycles. The minimum absolute atomic E-state index is 0.599. The Bertz CT molecular complexity index is 2230. The van der Waals surface area contributed by atoms with Gasteiger partial charge in [0.25, 0.3) is 0 Å². The molecule has 0 saturated heterocycles. The molecule has 0 aromatic heterocycles. The van der Waals surface area contributed by atoms with Gasteiger partial charge in [-0.3, -0.25) is 0 Å². The van der Waals surface area contributed by atoms with E-state index in [0.717, 1.165) is 86.5 Å². The Balaban J connectivity index is 1.45. The fraction of sp³-hybridized carbons (Fsp3) is 0.444. The summed E-state index contributed by atoms with van der Waals surface area (Å²) in [4.78, 5) is 0. The first-order chi connectivity index (χ1) is 28.5. The van der Waals surface area contributed by atoms with Crippen LogP contribution in [0.15, 0.2) is 60.7 Å². The molecule has 0 spiro atoms. The quantitative estimate of drug-likeness (QED) is 0.141. The van der Waals surface area contributed by atoms with Gasteiger partial charge in [-0.15, -0.1) is 0 Å². The summed E-state index contributed by atoms with van der Waals surface area (Å²) in [5.74, 6) is 4.84. The molecule has 0 atom stereocenters. The van der Waals surface area contributed by atoms with Crippen molar-refractivity contribution in [3.05, 3.63) is 144 Å². The maximum Gasteiger partial charge on any atom is 0.123 e. The monoisotopic (exact) mass is 797 g/mol. The Labute approximate surface area is 355 Å². The number of aryl methyl sites for hydroxylation is 7. The van der Waals surface area contributed by atoms with Gasteiger partial charge in [0.2, 0.25) is 0 Å². The van der Waals surface area contributed by atoms with Crippen LogP contribution in [0.1, 0.15) is 137 Å². The van der Waals surface area contributed by atoms with Gasteiger partial charge < -0.3 is 23.7 Å². The molecular formula is C54H68O5. The zero-order valence-corrected chi connectivity index (χ0v) is 37.7. The normalized spacial score (nSPS) is 13.3. The predicted octanol–water partition coefficient (Wildman–Crippen LogP) is 12.9. The zero-order chi connectivity index (χ0) is 42.1. The molecule has 11 aliphatic rings. The minimum atomic E-state index is 0.599. The van der Waals surface area contributed by atoms with Gasteiger partial charge in [0.15, 0.2) is 0 Å². The Morgan fingerprint density at radius 2 is 0.525 bits per heavy atom. The van der Waals surface area contributed by atoms with Gasteiger partial charge >= 0.3 is 0 Å². The maximum atomic E-state index is 6.40. The lowest BCUT2D eigenvalue weighted by molar-refractivity contribution is 0.334. The number of ether oxygens (including phenoxy) is 5. The molecule has 0 saturated carbocycles. The number of rotatable bonds is 10. The second kappa shape index (κ2) is 20.4. The van der Waals surface area contributed by atoms with E-state index < -0.39 is 0 Å². The van der Waals surface area contributed by atoms with Crippen molar-refractivity contribution in [1.29, 1.82) is 0 Å². The minimum Gasteiger partial charge on any atom is -0.494 e. The standard InChI is InChI=1S/C54H68O5/c1-11-55-50-31-42-26-47-23-38(9)44(33-52(47)57-13-3)28-49-25-39(10)45(34-54(49)59-15-5)29-48-24-37(8)43(32-53(48)58-14-4)27-46-22-35(6)40(30-51(46)56-12-2)19-17-16-18-20-41(50)21-36(42)7/h21-25,30-34H,11-20,26-29H2,1-10H3. The van der Waals surface area contributed by atoms with Gasteiger partial charge in [0, 0.05) is 25.7 Å². The number of benzene rings is 5. The average Bonchev–Trinajstić information content (AvgIpc) is 3.19. The third-order valence-corrected chi connectivity index (χ3v) is 12.0. The van der Waals surface area contributed by atoms with E-state index in [1.54, 1.807) is 0 Å². The molecule has 0 aliphatic heterocycles. The van der Waals surface area contributed by atoms with E-state index in [1.807, 2.05) is 0 Å². The van der Waals surface area contributed by atoms with Crippen LogP contribution in [0.3, 0.4) is 0 Å². The van der Waals surface area contributed by atoms with E-state index in [-0.39, 0.29) is 0 Å². The molecule has 10 bridgehead atoms. The Hall–Kier alpha value is -4.90. The summed E-state index contributed by atoms with van der Waals surface area (Å²) in [5.41, 5.74) is 18.9. The lowest BCUT2D eigenvalue weighted by Gasteiger charge is -2.20. The molecule has 5 nitrogen and oxygen atoms in total. The third-order valence-electron chi connectivity index (χ3n) is 12.0. The van der Waals surface area contributed by atoms with Crippen LogP contribution in [-0.4, -0.2) is 33.0 Å². The van der Waals surface area contributed by atoms with Gasteiger partial charge in [0.1, 0.15) is 28.7 Å². The van der Waals surface area contributed by atoms with Gasteiger partial charge in [-0.1, -0.05) is 36.8 Å². The largest absolute Gasteiger partial charge is 0.494 e. The first-order valence-corrected chi connectivity index (χ1v) is 22.3. The van der Waals surface area contributed by atoms with E-state index in [2.05, 4.69) is 130 Å². The molecule has 5 aromatic rings. The molecule has 5 aromatic carbocycles. The lowest BCUT2D eigenvalue weighted by atomic mass is 9.90. The Morgan fingerprint density at radius 3 is 0.831 bits per heavy atom. The highest BCUT2D eigenvalue weighted by molar-refractivity contribution is 5.54. The maximum absolute atomic E-state index is 6.40. The molecule has 11 aliphatic carbocycles. The first-order valence-electron chi connectivity index (χ1n) is 22.3. The van der Waals surface area contributed by atoms with Crippen molar-refractivity contribution in [3.63, 3.8) is 0 Å². The summed E-state index contributed by atoms with van der Waals surface area (Å²) in [6, 6.07) is 23.1. The molecule has 314 valence electrons. The second-order valence-corrected chi connectivity index (χ2v) is 16.4. The molecule has 5 heteroatoms. The summed E-state index contributed by atoms with van der Waals surface area (Å²) in [6.45, 7) is 24.7. The van der Waals surface area contributed by atoms with E-state index in [4.69, 9.17) is 23.7 Å². The van der Waals surface area contributed by atoms with Crippen molar-refractivity contribution in [2.24, 2.45) is 0 Å². The van der Waals surface area contributed by atoms with Crippen LogP contribution in [0.4, 0.5) is 0 Å². The molecule has 0 fully saturated rings. The van der Waals surface area contributed by atoms with Crippen LogP contribution in [0.25, 0.3) is 0 Å². The summed E-state index contributed by atoms with van der Waals surface area (Å²) in [6.07, 6.45) is 8.54. The molecule has 0 unspecified atom stereocenters. The van der Waals surface area contributed by atoms with Crippen LogP contribution < -0.4 is 23.7 Å². The van der Waals surface area contributed by atoms with Crippen molar-refractivity contribution in [2.45, 2.75) is 127 Å². The lowest BCUT2D eigenvalue weighted by Crippen LogP contribution is -2.06.